The highest BCUT2D eigenvalue weighted by Gasteiger charge is 2.20. The van der Waals surface area contributed by atoms with Gasteiger partial charge >= 0.3 is 12.1 Å². The van der Waals surface area contributed by atoms with Gasteiger partial charge < -0.3 is 21.7 Å². The third-order valence-corrected chi connectivity index (χ3v) is 2.66. The number of carbonyl (C=O) groups is 2. The molecule has 1 amide bonds. The zero-order chi connectivity index (χ0) is 13.0. The first kappa shape index (κ1) is 13.2. The van der Waals surface area contributed by atoms with Gasteiger partial charge in [0.15, 0.2) is 10.9 Å². The summed E-state index contributed by atoms with van der Waals surface area (Å²) in [5.74, 6) is -0.995. The maximum absolute atomic E-state index is 11.0. The molecule has 0 unspecified atom stereocenters. The molecule has 1 rings (SSSR count). The summed E-state index contributed by atoms with van der Waals surface area (Å²) in [6.45, 7) is -0.0496. The maximum Gasteiger partial charge on any atom is 0.413 e. The summed E-state index contributed by atoms with van der Waals surface area (Å²) in [7, 11) is 0. The molecular weight excluding hydrogens is 248 g/mol. The van der Waals surface area contributed by atoms with Crippen molar-refractivity contribution >= 4 is 34.3 Å². The van der Waals surface area contributed by atoms with Gasteiger partial charge in [-0.25, -0.2) is 9.78 Å². The summed E-state index contributed by atoms with van der Waals surface area (Å²) in [4.78, 5) is 26.2. The number of amides is 1. The third kappa shape index (κ3) is 3.57. The molecule has 0 bridgehead atoms. The van der Waals surface area contributed by atoms with E-state index in [-0.39, 0.29) is 23.9 Å². The molecule has 1 heterocycles. The van der Waals surface area contributed by atoms with E-state index in [1.165, 1.54) is 5.38 Å². The molecule has 1 aromatic heterocycles. The zero-order valence-electron chi connectivity index (χ0n) is 8.74. The van der Waals surface area contributed by atoms with Gasteiger partial charge in [0.25, 0.3) is 0 Å². The average Bonchev–Trinajstić information content (AvgIpc) is 2.64. The smallest absolute Gasteiger partial charge is 0.413 e. The van der Waals surface area contributed by atoms with Crippen LogP contribution in [-0.4, -0.2) is 39.8 Å². The van der Waals surface area contributed by atoms with Crippen molar-refractivity contribution in [1.82, 2.24) is 4.98 Å². The number of carboxylic acids is 1. The maximum atomic E-state index is 11.0. The van der Waals surface area contributed by atoms with E-state index < -0.39 is 18.1 Å². The van der Waals surface area contributed by atoms with Gasteiger partial charge in [-0.1, -0.05) is 0 Å². The van der Waals surface area contributed by atoms with Crippen molar-refractivity contribution in [3.05, 3.63) is 5.38 Å². The first-order valence-corrected chi connectivity index (χ1v) is 5.49. The number of nitrogen functional groups attached to an aromatic ring is 1. The van der Waals surface area contributed by atoms with E-state index in [0.29, 0.717) is 0 Å². The molecule has 94 valence electrons. The van der Waals surface area contributed by atoms with Crippen molar-refractivity contribution in [3.8, 4) is 0 Å². The number of anilines is 2. The lowest BCUT2D eigenvalue weighted by Crippen LogP contribution is -2.37. The molecule has 0 spiro atoms. The van der Waals surface area contributed by atoms with Crippen LogP contribution in [0.15, 0.2) is 5.38 Å². The van der Waals surface area contributed by atoms with Crippen LogP contribution >= 0.6 is 11.3 Å². The number of hydrogen-bond donors (Lipinski definition) is 4. The molecule has 0 radical (unpaired) electrons. The number of rotatable bonds is 5. The standard InChI is InChI=1S/C8H12N4O4S/c9-4(6(13)14)1-2-12(8(15)16)5-3-17-7(10)11-5/h3-4H,1-2,9H2,(H2,10,11)(H,13,14)(H,15,16)/t4-/m0/s1. The van der Waals surface area contributed by atoms with Gasteiger partial charge in [-0.15, -0.1) is 11.3 Å². The molecule has 17 heavy (non-hydrogen) atoms. The number of aromatic nitrogens is 1. The lowest BCUT2D eigenvalue weighted by molar-refractivity contribution is -0.138. The minimum absolute atomic E-state index is 0.000928. The Labute approximate surface area is 100 Å². The highest BCUT2D eigenvalue weighted by molar-refractivity contribution is 7.13. The van der Waals surface area contributed by atoms with Gasteiger partial charge in [-0.2, -0.15) is 0 Å². The molecule has 0 aliphatic rings. The predicted molar refractivity (Wildman–Crippen MR) is 62.1 cm³/mol. The van der Waals surface area contributed by atoms with E-state index in [9.17, 15) is 9.59 Å². The highest BCUT2D eigenvalue weighted by Crippen LogP contribution is 2.20. The second-order valence-corrected chi connectivity index (χ2v) is 4.10. The van der Waals surface area contributed by atoms with Gasteiger partial charge in [0, 0.05) is 11.9 Å². The molecule has 6 N–H and O–H groups in total. The van der Waals surface area contributed by atoms with Gasteiger partial charge in [-0.3, -0.25) is 9.69 Å². The number of carboxylic acid groups (broad SMARTS) is 2. The second-order valence-electron chi connectivity index (χ2n) is 3.21. The van der Waals surface area contributed by atoms with Crippen molar-refractivity contribution < 1.29 is 19.8 Å². The number of thiazole rings is 1. The molecule has 8 nitrogen and oxygen atoms in total. The molecular formula is C8H12N4O4S. The Morgan fingerprint density at radius 2 is 2.18 bits per heavy atom. The van der Waals surface area contributed by atoms with Crippen molar-refractivity contribution in [1.29, 1.82) is 0 Å². The number of aliphatic carboxylic acids is 1. The third-order valence-electron chi connectivity index (χ3n) is 2.00. The largest absolute Gasteiger partial charge is 0.480 e. The highest BCUT2D eigenvalue weighted by atomic mass is 32.1. The van der Waals surface area contributed by atoms with Crippen molar-refractivity contribution in [2.75, 3.05) is 17.2 Å². The van der Waals surface area contributed by atoms with Gasteiger partial charge in [0.05, 0.1) is 0 Å². The summed E-state index contributed by atoms with van der Waals surface area (Å²) in [6, 6.07) is -1.10. The Balaban J connectivity index is 2.68. The van der Waals surface area contributed by atoms with Gasteiger partial charge in [-0.05, 0) is 6.42 Å². The van der Waals surface area contributed by atoms with Crippen LogP contribution in [0, 0.1) is 0 Å². The molecule has 0 fully saturated rings. The molecule has 0 aliphatic heterocycles. The van der Waals surface area contributed by atoms with Gasteiger partial charge in [0.2, 0.25) is 0 Å². The number of hydrogen-bond acceptors (Lipinski definition) is 6. The molecule has 9 heteroatoms. The molecule has 0 aromatic carbocycles. The van der Waals surface area contributed by atoms with Crippen molar-refractivity contribution in [3.63, 3.8) is 0 Å². The minimum atomic E-state index is -1.23. The quantitative estimate of drug-likeness (QED) is 0.584. The molecule has 0 saturated heterocycles. The van der Waals surface area contributed by atoms with Crippen LogP contribution in [0.5, 0.6) is 0 Å². The van der Waals surface area contributed by atoms with Gasteiger partial charge in [0.1, 0.15) is 6.04 Å². The normalized spacial score (nSPS) is 12.1. The SMILES string of the molecule is Nc1nc(N(CC[C@H](N)C(=O)O)C(=O)O)cs1. The van der Waals surface area contributed by atoms with E-state index in [1.807, 2.05) is 0 Å². The Morgan fingerprint density at radius 1 is 1.53 bits per heavy atom. The summed E-state index contributed by atoms with van der Waals surface area (Å²) in [6.07, 6.45) is -1.23. The van der Waals surface area contributed by atoms with E-state index in [0.717, 1.165) is 16.2 Å². The van der Waals surface area contributed by atoms with Crippen molar-refractivity contribution in [2.45, 2.75) is 12.5 Å². The van der Waals surface area contributed by atoms with E-state index in [1.54, 1.807) is 0 Å². The zero-order valence-corrected chi connectivity index (χ0v) is 9.55. The predicted octanol–water partition coefficient (Wildman–Crippen LogP) is 0.0117. The Kier molecular flexibility index (Phi) is 4.24. The fraction of sp³-hybridized carbons (Fsp3) is 0.375. The summed E-state index contributed by atoms with van der Waals surface area (Å²) in [5, 5.41) is 19.3. The van der Waals surface area contributed by atoms with Crippen LogP contribution in [0.1, 0.15) is 6.42 Å². The first-order valence-electron chi connectivity index (χ1n) is 4.61. The lowest BCUT2D eigenvalue weighted by Gasteiger charge is -2.17. The summed E-state index contributed by atoms with van der Waals surface area (Å²) >= 11 is 1.10. The average molecular weight is 260 g/mol. The monoisotopic (exact) mass is 260 g/mol. The topological polar surface area (TPSA) is 143 Å². The number of nitrogens with two attached hydrogens (primary N) is 2. The Bertz CT molecular complexity index is 421. The van der Waals surface area contributed by atoms with Crippen LogP contribution < -0.4 is 16.4 Å². The van der Waals surface area contributed by atoms with Crippen LogP contribution in [0.2, 0.25) is 0 Å². The molecule has 1 atom stereocenters. The molecule has 0 saturated carbocycles. The minimum Gasteiger partial charge on any atom is -0.480 e. The van der Waals surface area contributed by atoms with E-state index in [4.69, 9.17) is 21.7 Å². The molecule has 1 aromatic rings. The second kappa shape index (κ2) is 5.46. The Morgan fingerprint density at radius 3 is 2.59 bits per heavy atom. The van der Waals surface area contributed by atoms with Crippen LogP contribution in [0.3, 0.4) is 0 Å². The fourth-order valence-electron chi connectivity index (χ4n) is 1.10. The lowest BCUT2D eigenvalue weighted by atomic mass is 10.2. The van der Waals surface area contributed by atoms with E-state index >= 15 is 0 Å². The van der Waals surface area contributed by atoms with Crippen LogP contribution in [0.25, 0.3) is 0 Å². The summed E-state index contributed by atoms with van der Waals surface area (Å²) < 4.78 is 0. The fourth-order valence-corrected chi connectivity index (χ4v) is 1.65. The first-order chi connectivity index (χ1) is 7.91. The van der Waals surface area contributed by atoms with Crippen molar-refractivity contribution in [2.24, 2.45) is 5.73 Å². The van der Waals surface area contributed by atoms with E-state index in [2.05, 4.69) is 4.98 Å². The van der Waals surface area contributed by atoms with Crippen LogP contribution in [0.4, 0.5) is 15.7 Å². The number of nitrogens with zero attached hydrogens (tertiary/aromatic N) is 2. The van der Waals surface area contributed by atoms with Crippen LogP contribution in [-0.2, 0) is 4.79 Å². The Hall–Kier alpha value is -1.87. The summed E-state index contributed by atoms with van der Waals surface area (Å²) in [5.41, 5.74) is 10.7. The molecule has 0 aliphatic carbocycles.